The second-order valence-corrected chi connectivity index (χ2v) is 8.00. The topological polar surface area (TPSA) is 29.3 Å². The van der Waals surface area contributed by atoms with Crippen LogP contribution in [0.25, 0.3) is 0 Å². The Bertz CT molecular complexity index is 311. The fraction of sp³-hybridized carbons (Fsp3) is 1.00. The van der Waals surface area contributed by atoms with Crippen LogP contribution in [-0.2, 0) is 0 Å². The van der Waals surface area contributed by atoms with Crippen LogP contribution in [0.3, 0.4) is 0 Å². The van der Waals surface area contributed by atoms with Crippen LogP contribution < -0.4 is 5.73 Å². The molecule has 2 saturated carbocycles. The molecule has 0 aromatic heterocycles. The summed E-state index contributed by atoms with van der Waals surface area (Å²) in [6, 6.07) is 0. The van der Waals surface area contributed by atoms with Gasteiger partial charge in [0.1, 0.15) is 0 Å². The smallest absolute Gasteiger partial charge is 0.0357 e. The van der Waals surface area contributed by atoms with E-state index >= 15 is 0 Å². The maximum absolute atomic E-state index is 6.29. The first-order chi connectivity index (χ1) is 9.71. The van der Waals surface area contributed by atoms with Crippen LogP contribution in [-0.4, -0.2) is 30.1 Å². The number of hydrogen-bond acceptors (Lipinski definition) is 2. The van der Waals surface area contributed by atoms with Crippen molar-refractivity contribution in [1.82, 2.24) is 4.90 Å². The third kappa shape index (κ3) is 2.54. The predicted octanol–water partition coefficient (Wildman–Crippen LogP) is 3.94. The van der Waals surface area contributed by atoms with E-state index in [0.29, 0.717) is 5.54 Å². The highest BCUT2D eigenvalue weighted by atomic mass is 15.2. The van der Waals surface area contributed by atoms with E-state index in [9.17, 15) is 0 Å². The van der Waals surface area contributed by atoms with Crippen molar-refractivity contribution in [2.24, 2.45) is 17.1 Å². The van der Waals surface area contributed by atoms with Crippen LogP contribution >= 0.6 is 0 Å². The lowest BCUT2D eigenvalue weighted by molar-refractivity contribution is -0.0383. The minimum atomic E-state index is 0.342. The molecule has 0 bridgehead atoms. The van der Waals surface area contributed by atoms with Crippen molar-refractivity contribution in [3.8, 4) is 0 Å². The van der Waals surface area contributed by atoms with Crippen molar-refractivity contribution in [3.05, 3.63) is 0 Å². The second-order valence-electron chi connectivity index (χ2n) is 8.00. The van der Waals surface area contributed by atoms with Crippen molar-refractivity contribution < 1.29 is 0 Å². The van der Waals surface area contributed by atoms with Gasteiger partial charge in [0.2, 0.25) is 0 Å². The van der Waals surface area contributed by atoms with Gasteiger partial charge in [-0.2, -0.15) is 0 Å². The van der Waals surface area contributed by atoms with Crippen LogP contribution in [0.2, 0.25) is 0 Å². The lowest BCUT2D eigenvalue weighted by Gasteiger charge is -2.55. The minimum Gasteiger partial charge on any atom is -0.329 e. The lowest BCUT2D eigenvalue weighted by Crippen LogP contribution is -2.62. The normalized spacial score (nSPS) is 39.0. The van der Waals surface area contributed by atoms with E-state index < -0.39 is 0 Å². The van der Waals surface area contributed by atoms with Gasteiger partial charge in [0, 0.05) is 12.1 Å². The Balaban J connectivity index is 1.66. The lowest BCUT2D eigenvalue weighted by atomic mass is 9.66. The third-order valence-corrected chi connectivity index (χ3v) is 7.14. The van der Waals surface area contributed by atoms with Gasteiger partial charge in [-0.15, -0.1) is 0 Å². The maximum atomic E-state index is 6.29. The minimum absolute atomic E-state index is 0.342. The number of hydrogen-bond donors (Lipinski definition) is 1. The molecule has 1 heterocycles. The molecule has 3 rings (SSSR count). The van der Waals surface area contributed by atoms with Crippen LogP contribution in [0.1, 0.15) is 77.6 Å². The maximum Gasteiger partial charge on any atom is 0.0357 e. The highest BCUT2D eigenvalue weighted by Gasteiger charge is 2.45. The zero-order chi connectivity index (χ0) is 14.1. The fourth-order valence-corrected chi connectivity index (χ4v) is 5.53. The van der Waals surface area contributed by atoms with Crippen molar-refractivity contribution in [2.45, 2.75) is 83.1 Å². The van der Waals surface area contributed by atoms with Gasteiger partial charge in [-0.25, -0.2) is 0 Å². The Morgan fingerprint density at radius 2 is 1.55 bits per heavy atom. The van der Waals surface area contributed by atoms with Crippen LogP contribution in [0.15, 0.2) is 0 Å². The van der Waals surface area contributed by atoms with E-state index in [0.717, 1.165) is 17.9 Å². The highest BCUT2D eigenvalue weighted by molar-refractivity contribution is 5.01. The Morgan fingerprint density at radius 1 is 0.900 bits per heavy atom. The van der Waals surface area contributed by atoms with Crippen LogP contribution in [0.4, 0.5) is 0 Å². The molecule has 0 aromatic carbocycles. The van der Waals surface area contributed by atoms with E-state index in [1.165, 1.54) is 83.7 Å². The van der Waals surface area contributed by atoms with E-state index in [1.54, 1.807) is 0 Å². The Hall–Kier alpha value is -0.0800. The number of likely N-dealkylation sites (tertiary alicyclic amines) is 1. The summed E-state index contributed by atoms with van der Waals surface area (Å²) in [6.45, 7) is 5.97. The molecule has 2 heteroatoms. The number of rotatable bonds is 2. The first-order valence-electron chi connectivity index (χ1n) is 9.16. The largest absolute Gasteiger partial charge is 0.329 e. The van der Waals surface area contributed by atoms with Crippen molar-refractivity contribution >= 4 is 0 Å². The summed E-state index contributed by atoms with van der Waals surface area (Å²) in [7, 11) is 0. The molecule has 1 spiro atoms. The van der Waals surface area contributed by atoms with Gasteiger partial charge in [-0.1, -0.05) is 39.0 Å². The molecule has 2 atom stereocenters. The summed E-state index contributed by atoms with van der Waals surface area (Å²) in [5.74, 6) is 0.793. The number of nitrogens with two attached hydrogens (primary N) is 1. The summed E-state index contributed by atoms with van der Waals surface area (Å²) in [5, 5.41) is 0. The summed E-state index contributed by atoms with van der Waals surface area (Å²) in [4.78, 5) is 2.82. The predicted molar refractivity (Wildman–Crippen MR) is 85.7 cm³/mol. The van der Waals surface area contributed by atoms with Crippen molar-refractivity contribution in [3.63, 3.8) is 0 Å². The number of piperidine rings is 1. The molecule has 0 radical (unpaired) electrons. The highest BCUT2D eigenvalue weighted by Crippen LogP contribution is 2.47. The molecule has 2 nitrogen and oxygen atoms in total. The molecule has 2 N–H and O–H groups in total. The average Bonchev–Trinajstić information content (AvgIpc) is 2.50. The average molecular weight is 278 g/mol. The standard InChI is InChI=1S/C18H34N2/c1-16-7-3-6-10-18(16,15-19)20-13-11-17(12-14-20)8-4-2-5-9-17/h16H,2-15,19H2,1H3. The summed E-state index contributed by atoms with van der Waals surface area (Å²) in [6.07, 6.45) is 15.9. The molecule has 2 aliphatic carbocycles. The zero-order valence-electron chi connectivity index (χ0n) is 13.5. The summed E-state index contributed by atoms with van der Waals surface area (Å²) >= 11 is 0. The van der Waals surface area contributed by atoms with Gasteiger partial charge < -0.3 is 5.73 Å². The van der Waals surface area contributed by atoms with E-state index in [4.69, 9.17) is 5.73 Å². The van der Waals surface area contributed by atoms with Gasteiger partial charge >= 0.3 is 0 Å². The molecule has 20 heavy (non-hydrogen) atoms. The summed E-state index contributed by atoms with van der Waals surface area (Å²) in [5.41, 5.74) is 7.35. The molecular weight excluding hydrogens is 244 g/mol. The second kappa shape index (κ2) is 5.96. The molecule has 3 aliphatic rings. The van der Waals surface area contributed by atoms with E-state index in [-0.39, 0.29) is 0 Å². The quantitative estimate of drug-likeness (QED) is 0.829. The molecule has 1 saturated heterocycles. The molecule has 1 aliphatic heterocycles. The van der Waals surface area contributed by atoms with E-state index in [1.807, 2.05) is 0 Å². The fourth-order valence-electron chi connectivity index (χ4n) is 5.53. The molecule has 0 aromatic rings. The van der Waals surface area contributed by atoms with Crippen LogP contribution in [0.5, 0.6) is 0 Å². The molecule has 2 unspecified atom stereocenters. The van der Waals surface area contributed by atoms with Gasteiger partial charge in [0.25, 0.3) is 0 Å². The monoisotopic (exact) mass is 278 g/mol. The molecular formula is C18H34N2. The Labute approximate surface area is 125 Å². The SMILES string of the molecule is CC1CCCCC1(CN)N1CCC2(CCCCC2)CC1. The Morgan fingerprint density at radius 3 is 2.15 bits per heavy atom. The first-order valence-corrected chi connectivity index (χ1v) is 9.16. The molecule has 3 fully saturated rings. The number of nitrogens with zero attached hydrogens (tertiary/aromatic N) is 1. The van der Waals surface area contributed by atoms with Gasteiger partial charge in [0.15, 0.2) is 0 Å². The zero-order valence-corrected chi connectivity index (χ0v) is 13.5. The van der Waals surface area contributed by atoms with E-state index in [2.05, 4.69) is 11.8 Å². The van der Waals surface area contributed by atoms with Gasteiger partial charge in [0.05, 0.1) is 0 Å². The van der Waals surface area contributed by atoms with Crippen molar-refractivity contribution in [1.29, 1.82) is 0 Å². The van der Waals surface area contributed by atoms with Crippen LogP contribution in [0, 0.1) is 11.3 Å². The third-order valence-electron chi connectivity index (χ3n) is 7.14. The molecule has 0 amide bonds. The summed E-state index contributed by atoms with van der Waals surface area (Å²) < 4.78 is 0. The first kappa shape index (κ1) is 14.8. The van der Waals surface area contributed by atoms with Gasteiger partial charge in [-0.3, -0.25) is 4.90 Å². The van der Waals surface area contributed by atoms with Crippen molar-refractivity contribution in [2.75, 3.05) is 19.6 Å². The molecule has 116 valence electrons. The van der Waals surface area contributed by atoms with Gasteiger partial charge in [-0.05, 0) is 62.9 Å². The Kier molecular flexibility index (Phi) is 4.42.